The molecule has 0 radical (unpaired) electrons. The second-order valence-corrected chi connectivity index (χ2v) is 8.54. The van der Waals surface area contributed by atoms with Gasteiger partial charge in [-0.05, 0) is 24.6 Å². The normalized spacial score (nSPS) is 25.3. The number of benzene rings is 3. The van der Waals surface area contributed by atoms with E-state index in [-0.39, 0.29) is 18.0 Å². The molecule has 1 fully saturated rings. The summed E-state index contributed by atoms with van der Waals surface area (Å²) >= 11 is 0. The van der Waals surface area contributed by atoms with Crippen LogP contribution in [0.2, 0.25) is 0 Å². The molecule has 1 aliphatic rings. The SMILES string of the molecule is CC1(O)CC(=O)C(C(=O)c2ccccc2)C(c2cccc(O)c2)C1C(=O)c1ccccc1. The zero-order valence-electron chi connectivity index (χ0n) is 17.6. The Morgan fingerprint density at radius 1 is 0.844 bits per heavy atom. The minimum Gasteiger partial charge on any atom is -0.508 e. The van der Waals surface area contributed by atoms with Crippen LogP contribution in [0.4, 0.5) is 0 Å². The van der Waals surface area contributed by atoms with Crippen molar-refractivity contribution in [2.75, 3.05) is 0 Å². The molecule has 5 heteroatoms. The highest BCUT2D eigenvalue weighted by Gasteiger charge is 2.55. The molecule has 162 valence electrons. The van der Waals surface area contributed by atoms with Crippen LogP contribution in [0.5, 0.6) is 5.75 Å². The zero-order valence-corrected chi connectivity index (χ0v) is 17.6. The van der Waals surface area contributed by atoms with Crippen LogP contribution in [0.15, 0.2) is 84.9 Å². The summed E-state index contributed by atoms with van der Waals surface area (Å²) < 4.78 is 0. The second kappa shape index (κ2) is 8.52. The lowest BCUT2D eigenvalue weighted by Gasteiger charge is -2.45. The van der Waals surface area contributed by atoms with Gasteiger partial charge in [-0.2, -0.15) is 0 Å². The third-order valence-corrected chi connectivity index (χ3v) is 6.20. The first-order valence-electron chi connectivity index (χ1n) is 10.5. The number of hydrogen-bond acceptors (Lipinski definition) is 5. The maximum absolute atomic E-state index is 13.7. The van der Waals surface area contributed by atoms with Crippen molar-refractivity contribution in [2.24, 2.45) is 11.8 Å². The van der Waals surface area contributed by atoms with Crippen molar-refractivity contribution in [2.45, 2.75) is 24.9 Å². The molecule has 1 saturated carbocycles. The van der Waals surface area contributed by atoms with E-state index in [9.17, 15) is 24.6 Å². The lowest BCUT2D eigenvalue weighted by molar-refractivity contribution is -0.134. The number of carbonyl (C=O) groups is 3. The first-order valence-corrected chi connectivity index (χ1v) is 10.5. The van der Waals surface area contributed by atoms with Gasteiger partial charge in [0, 0.05) is 23.5 Å². The Hall–Kier alpha value is -3.57. The van der Waals surface area contributed by atoms with Gasteiger partial charge in [0.15, 0.2) is 11.6 Å². The average Bonchev–Trinajstić information content (AvgIpc) is 2.78. The first-order chi connectivity index (χ1) is 15.3. The molecule has 4 unspecified atom stereocenters. The van der Waals surface area contributed by atoms with Gasteiger partial charge in [-0.1, -0.05) is 72.8 Å². The monoisotopic (exact) mass is 428 g/mol. The van der Waals surface area contributed by atoms with E-state index in [0.717, 1.165) is 0 Å². The standard InChI is InChI=1S/C27H24O5/c1-27(32)16-21(29)23(25(30)17-9-4-2-5-10-17)22(19-13-8-14-20(28)15-19)24(27)26(31)18-11-6-3-7-12-18/h2-15,22-24,28,32H,16H2,1H3. The maximum Gasteiger partial charge on any atom is 0.173 e. The summed E-state index contributed by atoms with van der Waals surface area (Å²) in [5, 5.41) is 21.4. The van der Waals surface area contributed by atoms with Gasteiger partial charge in [0.25, 0.3) is 0 Å². The van der Waals surface area contributed by atoms with Gasteiger partial charge in [0.05, 0.1) is 17.4 Å². The number of aliphatic hydroxyl groups is 1. The van der Waals surface area contributed by atoms with Crippen LogP contribution in [0.1, 0.15) is 45.5 Å². The van der Waals surface area contributed by atoms with Gasteiger partial charge in [-0.15, -0.1) is 0 Å². The van der Waals surface area contributed by atoms with Crippen molar-refractivity contribution >= 4 is 17.3 Å². The fraction of sp³-hybridized carbons (Fsp3) is 0.222. The third-order valence-electron chi connectivity index (χ3n) is 6.20. The molecule has 3 aromatic rings. The van der Waals surface area contributed by atoms with E-state index >= 15 is 0 Å². The maximum atomic E-state index is 13.7. The molecular formula is C27H24O5. The Labute approximate surface area is 186 Å². The molecule has 5 nitrogen and oxygen atoms in total. The lowest BCUT2D eigenvalue weighted by Crippen LogP contribution is -2.54. The number of carbonyl (C=O) groups excluding carboxylic acids is 3. The van der Waals surface area contributed by atoms with E-state index in [1.165, 1.54) is 19.1 Å². The largest absolute Gasteiger partial charge is 0.508 e. The second-order valence-electron chi connectivity index (χ2n) is 8.54. The first kappa shape index (κ1) is 21.7. The molecule has 0 heterocycles. The highest BCUT2D eigenvalue weighted by Crippen LogP contribution is 2.48. The van der Waals surface area contributed by atoms with E-state index in [1.807, 2.05) is 0 Å². The van der Waals surface area contributed by atoms with Crippen LogP contribution >= 0.6 is 0 Å². The van der Waals surface area contributed by atoms with E-state index in [4.69, 9.17) is 0 Å². The van der Waals surface area contributed by atoms with Crippen LogP contribution in [0, 0.1) is 11.8 Å². The number of Topliss-reactive ketones (excluding diaryl/α,β-unsaturated/α-hetero) is 3. The van der Waals surface area contributed by atoms with Crippen molar-refractivity contribution in [3.05, 3.63) is 102 Å². The fourth-order valence-electron chi connectivity index (χ4n) is 4.79. The van der Waals surface area contributed by atoms with Crippen molar-refractivity contribution in [1.82, 2.24) is 0 Å². The predicted octanol–water partition coefficient (Wildman–Crippen LogP) is 4.20. The number of hydrogen-bond donors (Lipinski definition) is 2. The number of aromatic hydroxyl groups is 1. The molecule has 0 amide bonds. The van der Waals surface area contributed by atoms with E-state index in [2.05, 4.69) is 0 Å². The fourth-order valence-corrected chi connectivity index (χ4v) is 4.79. The molecular weight excluding hydrogens is 404 g/mol. The van der Waals surface area contributed by atoms with Crippen LogP contribution in [0.3, 0.4) is 0 Å². The number of phenols is 1. The molecule has 0 aromatic heterocycles. The minimum atomic E-state index is -1.66. The molecule has 4 rings (SSSR count). The summed E-state index contributed by atoms with van der Waals surface area (Å²) in [6.45, 7) is 1.47. The van der Waals surface area contributed by atoms with Crippen molar-refractivity contribution < 1.29 is 24.6 Å². The molecule has 32 heavy (non-hydrogen) atoms. The van der Waals surface area contributed by atoms with Gasteiger partial charge in [0.1, 0.15) is 11.5 Å². The molecule has 0 aliphatic heterocycles. The molecule has 4 atom stereocenters. The van der Waals surface area contributed by atoms with Crippen molar-refractivity contribution in [1.29, 1.82) is 0 Å². The highest BCUT2D eigenvalue weighted by molar-refractivity contribution is 6.13. The van der Waals surface area contributed by atoms with Crippen LogP contribution < -0.4 is 0 Å². The minimum absolute atomic E-state index is 0.0445. The Morgan fingerprint density at radius 3 is 1.97 bits per heavy atom. The lowest BCUT2D eigenvalue weighted by atomic mass is 9.58. The Morgan fingerprint density at radius 2 is 1.41 bits per heavy atom. The van der Waals surface area contributed by atoms with Gasteiger partial charge >= 0.3 is 0 Å². The highest BCUT2D eigenvalue weighted by atomic mass is 16.3. The zero-order chi connectivity index (χ0) is 22.9. The van der Waals surface area contributed by atoms with Crippen molar-refractivity contribution in [3.63, 3.8) is 0 Å². The predicted molar refractivity (Wildman–Crippen MR) is 120 cm³/mol. The third kappa shape index (κ3) is 3.99. The molecule has 1 aliphatic carbocycles. The quantitative estimate of drug-likeness (QED) is 0.469. The summed E-state index contributed by atoms with van der Waals surface area (Å²) in [7, 11) is 0. The Bertz CT molecular complexity index is 1150. The van der Waals surface area contributed by atoms with Crippen molar-refractivity contribution in [3.8, 4) is 5.75 Å². The number of phenolic OH excluding ortho intramolecular Hbond substituents is 1. The summed E-state index contributed by atoms with van der Waals surface area (Å²) in [5.41, 5.74) is -0.443. The van der Waals surface area contributed by atoms with Gasteiger partial charge in [0.2, 0.25) is 0 Å². The topological polar surface area (TPSA) is 91.7 Å². The summed E-state index contributed by atoms with van der Waals surface area (Å²) in [6, 6.07) is 23.2. The summed E-state index contributed by atoms with van der Waals surface area (Å²) in [4.78, 5) is 40.4. The number of rotatable bonds is 5. The van der Waals surface area contributed by atoms with Gasteiger partial charge < -0.3 is 10.2 Å². The average molecular weight is 428 g/mol. The molecule has 0 spiro atoms. The molecule has 3 aromatic carbocycles. The van der Waals surface area contributed by atoms with Crippen LogP contribution in [-0.4, -0.2) is 33.2 Å². The van der Waals surface area contributed by atoms with Crippen LogP contribution in [-0.2, 0) is 4.79 Å². The summed E-state index contributed by atoms with van der Waals surface area (Å²) in [6.07, 6.45) is -0.311. The molecule has 0 saturated heterocycles. The van der Waals surface area contributed by atoms with E-state index in [1.54, 1.807) is 72.8 Å². The van der Waals surface area contributed by atoms with E-state index < -0.39 is 34.9 Å². The molecule has 0 bridgehead atoms. The Kier molecular flexibility index (Phi) is 5.76. The molecule has 2 N–H and O–H groups in total. The van der Waals surface area contributed by atoms with E-state index in [0.29, 0.717) is 16.7 Å². The Balaban J connectivity index is 1.90. The smallest absolute Gasteiger partial charge is 0.173 e. The van der Waals surface area contributed by atoms with Gasteiger partial charge in [-0.25, -0.2) is 0 Å². The van der Waals surface area contributed by atoms with Crippen LogP contribution in [0.25, 0.3) is 0 Å². The van der Waals surface area contributed by atoms with Gasteiger partial charge in [-0.3, -0.25) is 14.4 Å². The summed E-state index contributed by atoms with van der Waals surface area (Å²) in [5.74, 6) is -4.35. The number of ketones is 3.